The number of allylic oxidation sites excluding steroid dienone is 3. The lowest BCUT2D eigenvalue weighted by atomic mass is 9.69. The summed E-state index contributed by atoms with van der Waals surface area (Å²) in [6.45, 7) is 9.92. The predicted octanol–water partition coefficient (Wildman–Crippen LogP) is 4.57. The molecule has 4 aliphatic rings. The zero-order chi connectivity index (χ0) is 23.1. The van der Waals surface area contributed by atoms with Gasteiger partial charge in [0.2, 0.25) is 10.0 Å². The highest BCUT2D eigenvalue weighted by Crippen LogP contribution is 2.69. The van der Waals surface area contributed by atoms with Gasteiger partial charge < -0.3 is 9.47 Å². The molecule has 2 bridgehead atoms. The summed E-state index contributed by atoms with van der Waals surface area (Å²) in [6.07, 6.45) is 10.7. The molecule has 0 N–H and O–H groups in total. The van der Waals surface area contributed by atoms with Gasteiger partial charge in [-0.25, -0.2) is 12.7 Å². The Morgan fingerprint density at radius 1 is 1.19 bits per heavy atom. The van der Waals surface area contributed by atoms with E-state index in [2.05, 4.69) is 26.8 Å². The standard InChI is InChI=1S/C25H39NO5S/c1-5-19(8-6-7-18(2)9-10-23-30-13-14-31-23)15-22(27)26-21-16-20-11-12-25(21,24(20,3)4)17-32(26,28)29/h7,15,20-21,23H,5-6,8-14,16-17H2,1-4H3/b18-7-,19-15-/t20-,21?,25-/m0/s1. The molecule has 2 aliphatic heterocycles. The summed E-state index contributed by atoms with van der Waals surface area (Å²) in [4.78, 5) is 13.2. The van der Waals surface area contributed by atoms with E-state index in [9.17, 15) is 13.2 Å². The second-order valence-corrected chi connectivity index (χ2v) is 12.6. The van der Waals surface area contributed by atoms with E-state index in [0.29, 0.717) is 19.1 Å². The van der Waals surface area contributed by atoms with Crippen LogP contribution in [0, 0.1) is 16.7 Å². The molecule has 0 aromatic rings. The van der Waals surface area contributed by atoms with Crippen molar-refractivity contribution in [2.45, 2.75) is 91.4 Å². The van der Waals surface area contributed by atoms with Gasteiger partial charge in [-0.1, -0.05) is 38.0 Å². The van der Waals surface area contributed by atoms with Crippen molar-refractivity contribution < 1.29 is 22.7 Å². The second-order valence-electron chi connectivity index (χ2n) is 10.7. The molecule has 3 atom stereocenters. The third-order valence-electron chi connectivity index (χ3n) is 8.83. The van der Waals surface area contributed by atoms with Gasteiger partial charge in [-0.15, -0.1) is 0 Å². The number of fused-ring (bicyclic) bond motifs is 1. The van der Waals surface area contributed by atoms with Crippen molar-refractivity contribution in [3.63, 3.8) is 0 Å². The largest absolute Gasteiger partial charge is 0.350 e. The zero-order valence-corrected chi connectivity index (χ0v) is 20.9. The molecule has 2 aliphatic carbocycles. The van der Waals surface area contributed by atoms with Crippen LogP contribution in [-0.4, -0.2) is 49.9 Å². The minimum Gasteiger partial charge on any atom is -0.350 e. The van der Waals surface area contributed by atoms with Crippen LogP contribution in [0.1, 0.15) is 79.1 Å². The van der Waals surface area contributed by atoms with E-state index < -0.39 is 10.0 Å². The smallest absolute Gasteiger partial charge is 0.260 e. The fraction of sp³-hybridized carbons (Fsp3) is 0.800. The van der Waals surface area contributed by atoms with E-state index in [4.69, 9.17) is 9.47 Å². The Labute approximate surface area is 193 Å². The minimum atomic E-state index is -3.56. The Bertz CT molecular complexity index is 899. The van der Waals surface area contributed by atoms with Gasteiger partial charge in [-0.05, 0) is 63.2 Å². The van der Waals surface area contributed by atoms with Crippen molar-refractivity contribution in [3.05, 3.63) is 23.3 Å². The summed E-state index contributed by atoms with van der Waals surface area (Å²) in [5, 5.41) is 0. The maximum atomic E-state index is 13.2. The van der Waals surface area contributed by atoms with Gasteiger partial charge in [0, 0.05) is 17.9 Å². The van der Waals surface area contributed by atoms with Crippen LogP contribution < -0.4 is 0 Å². The number of amides is 1. The fourth-order valence-electron chi connectivity index (χ4n) is 6.69. The quantitative estimate of drug-likeness (QED) is 0.388. The van der Waals surface area contributed by atoms with Crippen molar-refractivity contribution in [2.75, 3.05) is 19.0 Å². The van der Waals surface area contributed by atoms with Gasteiger partial charge in [-0.3, -0.25) is 4.79 Å². The number of sulfonamides is 1. The summed E-state index contributed by atoms with van der Waals surface area (Å²) in [7, 11) is -3.56. The topological polar surface area (TPSA) is 72.9 Å². The summed E-state index contributed by atoms with van der Waals surface area (Å²) in [5.74, 6) is 0.315. The number of nitrogens with zero attached hydrogens (tertiary/aromatic N) is 1. The number of carbonyl (C=O) groups is 1. The average Bonchev–Trinajstić information content (AvgIpc) is 3.43. The third kappa shape index (κ3) is 4.09. The van der Waals surface area contributed by atoms with E-state index in [0.717, 1.165) is 56.9 Å². The fourth-order valence-corrected chi connectivity index (χ4v) is 9.19. The molecule has 0 radical (unpaired) electrons. The lowest BCUT2D eigenvalue weighted by Gasteiger charge is -2.36. The van der Waals surface area contributed by atoms with Crippen molar-refractivity contribution in [2.24, 2.45) is 16.7 Å². The highest BCUT2D eigenvalue weighted by atomic mass is 32.2. The summed E-state index contributed by atoms with van der Waals surface area (Å²) in [5.41, 5.74) is 2.02. The van der Waals surface area contributed by atoms with E-state index in [1.807, 2.05) is 6.92 Å². The van der Waals surface area contributed by atoms with Crippen molar-refractivity contribution in [3.8, 4) is 0 Å². The molecule has 32 heavy (non-hydrogen) atoms. The van der Waals surface area contributed by atoms with E-state index >= 15 is 0 Å². The van der Waals surface area contributed by atoms with Crippen molar-refractivity contribution in [1.29, 1.82) is 0 Å². The summed E-state index contributed by atoms with van der Waals surface area (Å²) >= 11 is 0. The minimum absolute atomic E-state index is 0.0199. The summed E-state index contributed by atoms with van der Waals surface area (Å²) in [6, 6.07) is -0.162. The first kappa shape index (κ1) is 24.0. The lowest BCUT2D eigenvalue weighted by Crippen LogP contribution is -2.43. The zero-order valence-electron chi connectivity index (χ0n) is 20.1. The Hall–Kier alpha value is -1.18. The molecule has 1 amide bonds. The second kappa shape index (κ2) is 8.88. The van der Waals surface area contributed by atoms with E-state index in [-0.39, 0.29) is 34.8 Å². The maximum Gasteiger partial charge on any atom is 0.260 e. The van der Waals surface area contributed by atoms with Gasteiger partial charge in [0.1, 0.15) is 0 Å². The molecule has 0 aromatic heterocycles. The van der Waals surface area contributed by atoms with Crippen LogP contribution in [0.3, 0.4) is 0 Å². The number of hydrogen-bond acceptors (Lipinski definition) is 5. The Kier molecular flexibility index (Phi) is 6.65. The Morgan fingerprint density at radius 2 is 1.91 bits per heavy atom. The molecule has 2 saturated heterocycles. The lowest BCUT2D eigenvalue weighted by molar-refractivity contribution is -0.124. The monoisotopic (exact) mass is 465 g/mol. The van der Waals surface area contributed by atoms with Gasteiger partial charge in [0.05, 0.1) is 25.0 Å². The number of hydrogen-bond donors (Lipinski definition) is 0. The van der Waals surface area contributed by atoms with Crippen LogP contribution in [0.2, 0.25) is 0 Å². The highest BCUT2D eigenvalue weighted by Gasteiger charge is 2.72. The van der Waals surface area contributed by atoms with Crippen LogP contribution in [0.5, 0.6) is 0 Å². The van der Waals surface area contributed by atoms with Gasteiger partial charge >= 0.3 is 0 Å². The van der Waals surface area contributed by atoms with Crippen LogP contribution in [0.4, 0.5) is 0 Å². The molecule has 2 saturated carbocycles. The predicted molar refractivity (Wildman–Crippen MR) is 124 cm³/mol. The van der Waals surface area contributed by atoms with Gasteiger partial charge in [0.15, 0.2) is 6.29 Å². The SMILES string of the molecule is CC/C(=C/C(=O)N1C2C[C@@H]3CC[C@@]2(CS1(=O)=O)C3(C)C)CC/C=C(/C)CCC1OCCO1. The summed E-state index contributed by atoms with van der Waals surface area (Å²) < 4.78 is 38.4. The van der Waals surface area contributed by atoms with Crippen LogP contribution >= 0.6 is 0 Å². The normalized spacial score (nSPS) is 33.8. The molecular formula is C25H39NO5S. The molecule has 1 unspecified atom stereocenters. The molecule has 7 heteroatoms. The molecule has 2 heterocycles. The van der Waals surface area contributed by atoms with Crippen LogP contribution in [0.25, 0.3) is 0 Å². The number of rotatable bonds is 8. The first-order chi connectivity index (χ1) is 15.1. The Morgan fingerprint density at radius 3 is 2.56 bits per heavy atom. The number of ether oxygens (including phenoxy) is 2. The highest BCUT2D eigenvalue weighted by molar-refractivity contribution is 7.90. The molecular weight excluding hydrogens is 426 g/mol. The van der Waals surface area contributed by atoms with Crippen LogP contribution in [0.15, 0.2) is 23.3 Å². The molecule has 180 valence electrons. The van der Waals surface area contributed by atoms with Gasteiger partial charge in [0.25, 0.3) is 5.91 Å². The molecule has 4 rings (SSSR count). The Balaban J connectivity index is 1.39. The van der Waals surface area contributed by atoms with Crippen molar-refractivity contribution >= 4 is 15.9 Å². The third-order valence-corrected chi connectivity index (χ3v) is 10.7. The first-order valence-electron chi connectivity index (χ1n) is 12.2. The molecule has 4 fully saturated rings. The molecule has 6 nitrogen and oxygen atoms in total. The van der Waals surface area contributed by atoms with E-state index in [1.54, 1.807) is 6.08 Å². The van der Waals surface area contributed by atoms with Crippen molar-refractivity contribution in [1.82, 2.24) is 4.31 Å². The molecule has 0 aromatic carbocycles. The van der Waals surface area contributed by atoms with Crippen LogP contribution in [-0.2, 0) is 24.3 Å². The first-order valence-corrected chi connectivity index (χ1v) is 13.9. The number of carbonyl (C=O) groups excluding carboxylic acids is 1. The van der Waals surface area contributed by atoms with E-state index in [1.165, 1.54) is 9.88 Å². The molecule has 1 spiro atoms. The van der Waals surface area contributed by atoms with Gasteiger partial charge in [-0.2, -0.15) is 0 Å². The average molecular weight is 466 g/mol. The maximum absolute atomic E-state index is 13.2.